The molecule has 2 nitrogen and oxygen atoms in total. The van der Waals surface area contributed by atoms with Crippen LogP contribution < -0.4 is 5.32 Å². The first-order chi connectivity index (χ1) is 5.88. The monoisotopic (exact) mass is 291 g/mol. The van der Waals surface area contributed by atoms with E-state index in [1.807, 2.05) is 0 Å². The SMILES string of the molecule is O=C(NC(F)(F)C(F)(F)Br)C(F)(F)F. The van der Waals surface area contributed by atoms with Gasteiger partial charge in [-0.1, -0.05) is 0 Å². The summed E-state index contributed by atoms with van der Waals surface area (Å²) < 4.78 is 81.9. The van der Waals surface area contributed by atoms with Crippen molar-refractivity contribution in [2.75, 3.05) is 0 Å². The van der Waals surface area contributed by atoms with Gasteiger partial charge in [-0.25, -0.2) is 0 Å². The van der Waals surface area contributed by atoms with Crippen molar-refractivity contribution in [2.24, 2.45) is 0 Å². The number of hydrogen-bond donors (Lipinski definition) is 1. The summed E-state index contributed by atoms with van der Waals surface area (Å²) in [4.78, 5) is 4.90. The summed E-state index contributed by atoms with van der Waals surface area (Å²) in [5.74, 6) is -3.15. The van der Waals surface area contributed by atoms with E-state index in [1.165, 1.54) is 0 Å². The average molecular weight is 292 g/mol. The molecule has 0 aromatic heterocycles. The van der Waals surface area contributed by atoms with Gasteiger partial charge in [0.2, 0.25) is 0 Å². The van der Waals surface area contributed by atoms with Gasteiger partial charge < -0.3 is 0 Å². The molecule has 0 aromatic carbocycles. The Balaban J connectivity index is 4.62. The predicted octanol–water partition coefficient (Wildman–Crippen LogP) is 2.25. The van der Waals surface area contributed by atoms with E-state index >= 15 is 0 Å². The van der Waals surface area contributed by atoms with Crippen LogP contribution in [0.25, 0.3) is 0 Å². The van der Waals surface area contributed by atoms with Crippen LogP contribution in [0, 0.1) is 0 Å². The minimum absolute atomic E-state index is 0.158. The fraction of sp³-hybridized carbons (Fsp3) is 0.750. The van der Waals surface area contributed by atoms with Crippen LogP contribution in [0.5, 0.6) is 0 Å². The first kappa shape index (κ1) is 13.5. The second-order valence-electron chi connectivity index (χ2n) is 2.02. The lowest BCUT2D eigenvalue weighted by Gasteiger charge is -2.22. The van der Waals surface area contributed by atoms with Crippen molar-refractivity contribution in [1.29, 1.82) is 0 Å². The molecule has 0 rings (SSSR count). The van der Waals surface area contributed by atoms with Gasteiger partial charge in [-0.15, -0.1) is 0 Å². The quantitative estimate of drug-likeness (QED) is 0.472. The lowest BCUT2D eigenvalue weighted by molar-refractivity contribution is -0.203. The van der Waals surface area contributed by atoms with Gasteiger partial charge in [-0.05, 0) is 15.9 Å². The number of rotatable bonds is 2. The molecule has 0 saturated carbocycles. The van der Waals surface area contributed by atoms with Crippen LogP contribution in [0.3, 0.4) is 0 Å². The molecule has 0 bridgehead atoms. The van der Waals surface area contributed by atoms with Crippen molar-refractivity contribution in [3.05, 3.63) is 0 Å². The largest absolute Gasteiger partial charge is 0.471 e. The predicted molar refractivity (Wildman–Crippen MR) is 33.0 cm³/mol. The van der Waals surface area contributed by atoms with Crippen LogP contribution in [-0.2, 0) is 4.79 Å². The van der Waals surface area contributed by atoms with E-state index < -0.39 is 23.0 Å². The zero-order valence-electron chi connectivity index (χ0n) is 5.93. The smallest absolute Gasteiger partial charge is 0.284 e. The number of nitrogens with one attached hydrogen (secondary N) is 1. The topological polar surface area (TPSA) is 29.1 Å². The van der Waals surface area contributed by atoms with Crippen molar-refractivity contribution in [3.63, 3.8) is 0 Å². The molecular formula is C4HBrF7NO. The Bertz CT molecular complexity index is 231. The molecule has 0 saturated heterocycles. The van der Waals surface area contributed by atoms with Crippen molar-refractivity contribution >= 4 is 21.8 Å². The van der Waals surface area contributed by atoms with E-state index in [0.717, 1.165) is 15.9 Å². The molecule has 0 spiro atoms. The molecular weight excluding hydrogens is 291 g/mol. The summed E-state index contributed by atoms with van der Waals surface area (Å²) in [6.07, 6.45) is -5.65. The van der Waals surface area contributed by atoms with Crippen LogP contribution in [0.1, 0.15) is 0 Å². The molecule has 0 atom stereocenters. The van der Waals surface area contributed by atoms with Gasteiger partial charge in [0.1, 0.15) is 0 Å². The van der Waals surface area contributed by atoms with Crippen LogP contribution >= 0.6 is 15.9 Å². The Morgan fingerprint density at radius 3 is 1.57 bits per heavy atom. The van der Waals surface area contributed by atoms with Gasteiger partial charge in [0.05, 0.1) is 0 Å². The molecule has 0 aliphatic rings. The molecule has 84 valence electrons. The fourth-order valence-corrected chi connectivity index (χ4v) is 0.383. The molecule has 0 unspecified atom stereocenters. The van der Waals surface area contributed by atoms with Gasteiger partial charge in [-0.3, -0.25) is 10.1 Å². The Morgan fingerprint density at radius 2 is 1.36 bits per heavy atom. The number of carbonyl (C=O) groups is 1. The summed E-state index contributed by atoms with van der Waals surface area (Å²) in [6, 6.07) is -5.32. The van der Waals surface area contributed by atoms with E-state index in [1.54, 1.807) is 0 Å². The molecule has 0 fully saturated rings. The molecule has 10 heteroatoms. The highest BCUT2D eigenvalue weighted by Crippen LogP contribution is 2.37. The summed E-state index contributed by atoms with van der Waals surface area (Å²) >= 11 is 1.13. The lowest BCUT2D eigenvalue weighted by atomic mass is 10.5. The standard InChI is InChI=1S/C4HBrF7NO/c5-3(9,10)4(11,12)13-1(14)2(6,7)8/h(H,13,14). The number of alkyl halides is 8. The molecule has 0 heterocycles. The Hall–Kier alpha value is -0.540. The summed E-state index contributed by atoms with van der Waals surface area (Å²) in [5, 5.41) is -0.158. The van der Waals surface area contributed by atoms with Gasteiger partial charge in [0.15, 0.2) is 0 Å². The van der Waals surface area contributed by atoms with Crippen LogP contribution in [0.2, 0.25) is 0 Å². The summed E-state index contributed by atoms with van der Waals surface area (Å²) in [5.41, 5.74) is 0. The molecule has 1 N–H and O–H groups in total. The van der Waals surface area contributed by atoms with Gasteiger partial charge in [0.25, 0.3) is 0 Å². The van der Waals surface area contributed by atoms with Crippen molar-refractivity contribution in [1.82, 2.24) is 5.32 Å². The van der Waals surface area contributed by atoms with Crippen molar-refractivity contribution in [2.45, 2.75) is 17.1 Å². The molecule has 14 heavy (non-hydrogen) atoms. The summed E-state index contributed by atoms with van der Waals surface area (Å²) in [6.45, 7) is 0. The maximum Gasteiger partial charge on any atom is 0.471 e. The molecule has 0 aliphatic carbocycles. The van der Waals surface area contributed by atoms with E-state index in [0.29, 0.717) is 0 Å². The molecule has 0 aliphatic heterocycles. The third-order valence-corrected chi connectivity index (χ3v) is 1.38. The maximum absolute atomic E-state index is 12.1. The lowest BCUT2D eigenvalue weighted by Crippen LogP contribution is -2.54. The van der Waals surface area contributed by atoms with Crippen molar-refractivity contribution in [3.8, 4) is 0 Å². The first-order valence-corrected chi connectivity index (χ1v) is 3.51. The third-order valence-electron chi connectivity index (χ3n) is 0.884. The Kier molecular flexibility index (Phi) is 3.42. The van der Waals surface area contributed by atoms with Gasteiger partial charge >= 0.3 is 23.0 Å². The average Bonchev–Trinajstić information content (AvgIpc) is 1.80. The Morgan fingerprint density at radius 1 is 1.00 bits per heavy atom. The molecule has 0 aromatic rings. The van der Waals surface area contributed by atoms with Crippen molar-refractivity contribution < 1.29 is 35.5 Å². The van der Waals surface area contributed by atoms with E-state index in [9.17, 15) is 35.5 Å². The molecule has 0 radical (unpaired) electrons. The normalized spacial score (nSPS) is 14.0. The van der Waals surface area contributed by atoms with E-state index in [2.05, 4.69) is 0 Å². The van der Waals surface area contributed by atoms with Crippen LogP contribution in [0.15, 0.2) is 0 Å². The minimum atomic E-state index is -5.65. The van der Waals surface area contributed by atoms with Crippen LogP contribution in [-0.4, -0.2) is 23.0 Å². The summed E-state index contributed by atoms with van der Waals surface area (Å²) in [7, 11) is 0. The zero-order chi connectivity index (χ0) is 11.8. The number of hydrogen-bond acceptors (Lipinski definition) is 1. The number of halogens is 8. The molecule has 1 amide bonds. The second kappa shape index (κ2) is 3.55. The number of amides is 1. The third kappa shape index (κ3) is 3.31. The number of carbonyl (C=O) groups excluding carboxylic acids is 1. The Labute approximate surface area is 80.6 Å². The highest BCUT2D eigenvalue weighted by atomic mass is 79.9. The van der Waals surface area contributed by atoms with E-state index in [-0.39, 0.29) is 5.32 Å². The maximum atomic E-state index is 12.1. The van der Waals surface area contributed by atoms with E-state index in [4.69, 9.17) is 0 Å². The van der Waals surface area contributed by atoms with Crippen LogP contribution in [0.4, 0.5) is 30.7 Å². The van der Waals surface area contributed by atoms with Gasteiger partial charge in [-0.2, -0.15) is 30.7 Å². The highest BCUT2D eigenvalue weighted by molar-refractivity contribution is 9.10. The first-order valence-electron chi connectivity index (χ1n) is 2.72. The second-order valence-corrected chi connectivity index (χ2v) is 3.02. The fourth-order valence-electron chi connectivity index (χ4n) is 0.284. The zero-order valence-corrected chi connectivity index (χ0v) is 7.52. The minimum Gasteiger partial charge on any atom is -0.284 e. The van der Waals surface area contributed by atoms with Gasteiger partial charge in [0, 0.05) is 0 Å². The highest BCUT2D eigenvalue weighted by Gasteiger charge is 2.58.